The van der Waals surface area contributed by atoms with Gasteiger partial charge in [0.25, 0.3) is 11.8 Å². The van der Waals surface area contributed by atoms with Gasteiger partial charge in [-0.05, 0) is 18.1 Å². The Labute approximate surface area is 120 Å². The van der Waals surface area contributed by atoms with Gasteiger partial charge in [0.15, 0.2) is 0 Å². The van der Waals surface area contributed by atoms with E-state index in [4.69, 9.17) is 15.5 Å². The summed E-state index contributed by atoms with van der Waals surface area (Å²) >= 11 is 0. The zero-order valence-electron chi connectivity index (χ0n) is 10.6. The number of carbonyl (C=O) groups is 2. The van der Waals surface area contributed by atoms with Gasteiger partial charge in [0.05, 0.1) is 23.5 Å². The quantitative estimate of drug-likeness (QED) is 0.606. The van der Waals surface area contributed by atoms with Crippen molar-refractivity contribution in [1.29, 1.82) is 0 Å². The second kappa shape index (κ2) is 5.51. The summed E-state index contributed by atoms with van der Waals surface area (Å²) in [5.74, 6) is -1.84. The standard InChI is InChI=1S/C12H12ClNO5S/c1-8(7-20(13,17)18)6-19-14-11(15)9-4-2-3-5-10(9)12(14)16/h2-5,8H,6-7H2,1H3. The Morgan fingerprint density at radius 2 is 1.70 bits per heavy atom. The van der Waals surface area contributed by atoms with Crippen molar-refractivity contribution in [3.05, 3.63) is 35.4 Å². The molecule has 108 valence electrons. The van der Waals surface area contributed by atoms with Gasteiger partial charge < -0.3 is 0 Å². The molecule has 0 aromatic heterocycles. The van der Waals surface area contributed by atoms with Crippen LogP contribution in [0.2, 0.25) is 0 Å². The number of carbonyl (C=O) groups excluding carboxylic acids is 2. The summed E-state index contributed by atoms with van der Waals surface area (Å²) < 4.78 is 21.8. The van der Waals surface area contributed by atoms with E-state index in [1.54, 1.807) is 19.1 Å². The molecule has 8 heteroatoms. The zero-order chi connectivity index (χ0) is 14.9. The van der Waals surface area contributed by atoms with E-state index >= 15 is 0 Å². The van der Waals surface area contributed by atoms with Crippen molar-refractivity contribution < 1.29 is 22.8 Å². The van der Waals surface area contributed by atoms with Crippen LogP contribution in [-0.4, -0.2) is 37.7 Å². The third-order valence-electron chi connectivity index (χ3n) is 2.73. The van der Waals surface area contributed by atoms with Gasteiger partial charge >= 0.3 is 0 Å². The van der Waals surface area contributed by atoms with Gasteiger partial charge in [-0.15, -0.1) is 5.06 Å². The van der Waals surface area contributed by atoms with Gasteiger partial charge in [0, 0.05) is 10.7 Å². The molecule has 0 saturated carbocycles. The lowest BCUT2D eigenvalue weighted by Crippen LogP contribution is -2.32. The molecule has 1 aliphatic rings. The largest absolute Gasteiger partial charge is 0.285 e. The summed E-state index contributed by atoms with van der Waals surface area (Å²) in [5, 5.41) is 0.655. The molecule has 0 spiro atoms. The third-order valence-corrected chi connectivity index (χ3v) is 4.07. The number of imide groups is 1. The van der Waals surface area contributed by atoms with Crippen LogP contribution in [0.1, 0.15) is 27.6 Å². The molecule has 2 rings (SSSR count). The van der Waals surface area contributed by atoms with E-state index in [2.05, 4.69) is 0 Å². The maximum atomic E-state index is 11.9. The average Bonchev–Trinajstić information content (AvgIpc) is 2.59. The van der Waals surface area contributed by atoms with Crippen LogP contribution < -0.4 is 0 Å². The molecule has 1 aliphatic heterocycles. The lowest BCUT2D eigenvalue weighted by molar-refractivity contribution is -0.0993. The molecule has 0 N–H and O–H groups in total. The minimum absolute atomic E-state index is 0.0998. The molecule has 1 aromatic carbocycles. The van der Waals surface area contributed by atoms with E-state index in [0.717, 1.165) is 0 Å². The number of benzene rings is 1. The van der Waals surface area contributed by atoms with Crippen molar-refractivity contribution in [2.45, 2.75) is 6.92 Å². The lowest BCUT2D eigenvalue weighted by atomic mass is 10.1. The Morgan fingerprint density at radius 3 is 2.15 bits per heavy atom. The van der Waals surface area contributed by atoms with Gasteiger partial charge in [-0.3, -0.25) is 14.4 Å². The van der Waals surface area contributed by atoms with Crippen LogP contribution in [0, 0.1) is 5.92 Å². The van der Waals surface area contributed by atoms with Gasteiger partial charge in [-0.2, -0.15) is 0 Å². The highest BCUT2D eigenvalue weighted by Gasteiger charge is 2.36. The molecule has 0 aliphatic carbocycles. The van der Waals surface area contributed by atoms with E-state index in [0.29, 0.717) is 5.06 Å². The third kappa shape index (κ3) is 3.17. The molecule has 1 atom stereocenters. The van der Waals surface area contributed by atoms with E-state index < -0.39 is 26.8 Å². The number of nitrogens with zero attached hydrogens (tertiary/aromatic N) is 1. The molecular formula is C12H12ClNO5S. The van der Waals surface area contributed by atoms with Crippen molar-refractivity contribution in [2.24, 2.45) is 5.92 Å². The van der Waals surface area contributed by atoms with Crippen molar-refractivity contribution in [1.82, 2.24) is 5.06 Å². The highest BCUT2D eigenvalue weighted by molar-refractivity contribution is 8.13. The van der Waals surface area contributed by atoms with E-state index in [1.165, 1.54) is 12.1 Å². The topological polar surface area (TPSA) is 80.8 Å². The highest BCUT2D eigenvalue weighted by atomic mass is 35.7. The molecule has 1 aromatic rings. The summed E-state index contributed by atoms with van der Waals surface area (Å²) in [7, 11) is 1.48. The molecule has 0 radical (unpaired) electrons. The maximum absolute atomic E-state index is 11.9. The Bertz CT molecular complexity index is 623. The van der Waals surface area contributed by atoms with Crippen LogP contribution in [0.3, 0.4) is 0 Å². The molecule has 2 amide bonds. The molecule has 0 fully saturated rings. The van der Waals surface area contributed by atoms with Gasteiger partial charge in [-0.1, -0.05) is 19.1 Å². The number of hydrogen-bond acceptors (Lipinski definition) is 5. The van der Waals surface area contributed by atoms with Crippen LogP contribution in [-0.2, 0) is 13.9 Å². The fourth-order valence-electron chi connectivity index (χ4n) is 1.87. The van der Waals surface area contributed by atoms with Crippen molar-refractivity contribution >= 4 is 31.5 Å². The van der Waals surface area contributed by atoms with Crippen LogP contribution in [0.4, 0.5) is 0 Å². The Kier molecular flexibility index (Phi) is 4.12. The fourth-order valence-corrected chi connectivity index (χ4v) is 3.30. The predicted octanol–water partition coefficient (Wildman–Crippen LogP) is 1.42. The molecule has 1 heterocycles. The van der Waals surface area contributed by atoms with Gasteiger partial charge in [0.2, 0.25) is 9.05 Å². The Balaban J connectivity index is 2.03. The smallest absolute Gasteiger partial charge is 0.266 e. The van der Waals surface area contributed by atoms with Gasteiger partial charge in [0.1, 0.15) is 0 Å². The number of hydrogen-bond donors (Lipinski definition) is 0. The van der Waals surface area contributed by atoms with Gasteiger partial charge in [-0.25, -0.2) is 8.42 Å². The summed E-state index contributed by atoms with van der Waals surface area (Å²) in [5.41, 5.74) is 0.547. The average molecular weight is 318 g/mol. The van der Waals surface area contributed by atoms with Crippen molar-refractivity contribution in [3.8, 4) is 0 Å². The van der Waals surface area contributed by atoms with E-state index in [1.807, 2.05) is 0 Å². The summed E-state index contributed by atoms with van der Waals surface area (Å²) in [6, 6.07) is 6.36. The maximum Gasteiger partial charge on any atom is 0.285 e. The molecule has 1 unspecified atom stereocenters. The fraction of sp³-hybridized carbons (Fsp3) is 0.333. The number of rotatable bonds is 5. The molecule has 0 bridgehead atoms. The summed E-state index contributed by atoms with van der Waals surface area (Å²) in [6.07, 6.45) is 0. The SMILES string of the molecule is CC(CON1C(=O)c2ccccc2C1=O)CS(=O)(=O)Cl. The minimum atomic E-state index is -3.65. The lowest BCUT2D eigenvalue weighted by Gasteiger charge is -2.16. The predicted molar refractivity (Wildman–Crippen MR) is 71.7 cm³/mol. The van der Waals surface area contributed by atoms with Crippen LogP contribution in [0.15, 0.2) is 24.3 Å². The van der Waals surface area contributed by atoms with E-state index in [9.17, 15) is 18.0 Å². The number of hydroxylamine groups is 2. The van der Waals surface area contributed by atoms with Crippen molar-refractivity contribution in [2.75, 3.05) is 12.4 Å². The molecular weight excluding hydrogens is 306 g/mol. The first kappa shape index (κ1) is 15.0. The summed E-state index contributed by atoms with van der Waals surface area (Å²) in [6.45, 7) is 1.50. The first-order valence-corrected chi connectivity index (χ1v) is 8.30. The second-order valence-electron chi connectivity index (χ2n) is 4.56. The highest BCUT2D eigenvalue weighted by Crippen LogP contribution is 2.23. The monoisotopic (exact) mass is 317 g/mol. The molecule has 20 heavy (non-hydrogen) atoms. The molecule has 0 saturated heterocycles. The van der Waals surface area contributed by atoms with Crippen LogP contribution in [0.25, 0.3) is 0 Å². The zero-order valence-corrected chi connectivity index (χ0v) is 12.1. The number of amides is 2. The second-order valence-corrected chi connectivity index (χ2v) is 7.38. The Morgan fingerprint density at radius 1 is 1.20 bits per heavy atom. The van der Waals surface area contributed by atoms with Crippen LogP contribution >= 0.6 is 10.7 Å². The first-order chi connectivity index (χ1) is 9.29. The van der Waals surface area contributed by atoms with E-state index in [-0.39, 0.29) is 23.5 Å². The molecule has 6 nitrogen and oxygen atoms in total. The van der Waals surface area contributed by atoms with Crippen molar-refractivity contribution in [3.63, 3.8) is 0 Å². The first-order valence-electron chi connectivity index (χ1n) is 5.82. The minimum Gasteiger partial charge on any atom is -0.266 e. The Hall–Kier alpha value is -1.44. The summed E-state index contributed by atoms with van der Waals surface area (Å²) in [4.78, 5) is 29.0. The normalized spacial score (nSPS) is 16.4. The van der Waals surface area contributed by atoms with Crippen LogP contribution in [0.5, 0.6) is 0 Å². The number of fused-ring (bicyclic) bond motifs is 1. The number of halogens is 1.